The lowest BCUT2D eigenvalue weighted by molar-refractivity contribution is -0.217. The van der Waals surface area contributed by atoms with Crippen LogP contribution in [0.25, 0.3) is 0 Å². The van der Waals surface area contributed by atoms with E-state index in [0.717, 1.165) is 4.88 Å². The average Bonchev–Trinajstić information content (AvgIpc) is 2.69. The molecule has 1 aliphatic heterocycles. The lowest BCUT2D eigenvalue weighted by Crippen LogP contribution is -2.50. The lowest BCUT2D eigenvalue weighted by atomic mass is 10.3. The Morgan fingerprint density at radius 3 is 3.13 bits per heavy atom. The van der Waals surface area contributed by atoms with E-state index < -0.39 is 6.17 Å². The first kappa shape index (κ1) is 10.1. The molecule has 1 unspecified atom stereocenters. The fourth-order valence-corrected chi connectivity index (χ4v) is 2.12. The molecule has 80 valence electrons. The first-order chi connectivity index (χ1) is 7.18. The second-order valence-electron chi connectivity index (χ2n) is 3.10. The number of nitrogens with zero attached hydrogens (tertiary/aromatic N) is 1. The SMILES string of the molecule is CC(=O)N1OCC(=O)NC1c1cccs1. The number of hydrogen-bond acceptors (Lipinski definition) is 4. The molecule has 0 spiro atoms. The second-order valence-corrected chi connectivity index (χ2v) is 4.08. The summed E-state index contributed by atoms with van der Waals surface area (Å²) in [4.78, 5) is 28.4. The molecule has 15 heavy (non-hydrogen) atoms. The molecular formula is C9H10N2O3S. The summed E-state index contributed by atoms with van der Waals surface area (Å²) < 4.78 is 0. The Morgan fingerprint density at radius 2 is 2.53 bits per heavy atom. The first-order valence-electron chi connectivity index (χ1n) is 4.44. The van der Waals surface area contributed by atoms with E-state index in [0.29, 0.717) is 0 Å². The summed E-state index contributed by atoms with van der Waals surface area (Å²) in [6.45, 7) is 1.29. The van der Waals surface area contributed by atoms with Gasteiger partial charge in [0.15, 0.2) is 12.8 Å². The number of hydroxylamine groups is 2. The van der Waals surface area contributed by atoms with Crippen LogP contribution in [0.5, 0.6) is 0 Å². The van der Waals surface area contributed by atoms with Crippen LogP contribution in [-0.4, -0.2) is 23.5 Å². The van der Waals surface area contributed by atoms with Gasteiger partial charge in [0.1, 0.15) is 0 Å². The molecule has 6 heteroatoms. The van der Waals surface area contributed by atoms with Gasteiger partial charge in [-0.05, 0) is 11.4 Å². The zero-order chi connectivity index (χ0) is 10.8. The first-order valence-corrected chi connectivity index (χ1v) is 5.32. The van der Waals surface area contributed by atoms with E-state index in [4.69, 9.17) is 4.84 Å². The van der Waals surface area contributed by atoms with Crippen molar-refractivity contribution in [2.45, 2.75) is 13.1 Å². The summed E-state index contributed by atoms with van der Waals surface area (Å²) in [6.07, 6.45) is -0.497. The number of carbonyl (C=O) groups is 2. The van der Waals surface area contributed by atoms with Crippen LogP contribution in [0.3, 0.4) is 0 Å². The fourth-order valence-electron chi connectivity index (χ4n) is 1.36. The number of thiophene rings is 1. The van der Waals surface area contributed by atoms with Crippen molar-refractivity contribution >= 4 is 23.2 Å². The lowest BCUT2D eigenvalue weighted by Gasteiger charge is -2.33. The second kappa shape index (κ2) is 4.00. The molecule has 5 nitrogen and oxygen atoms in total. The molecule has 2 rings (SSSR count). The Morgan fingerprint density at radius 1 is 1.73 bits per heavy atom. The molecule has 1 aliphatic rings. The predicted molar refractivity (Wildman–Crippen MR) is 53.7 cm³/mol. The van der Waals surface area contributed by atoms with E-state index in [9.17, 15) is 9.59 Å². The van der Waals surface area contributed by atoms with E-state index in [1.807, 2.05) is 17.5 Å². The summed E-state index contributed by atoms with van der Waals surface area (Å²) in [5, 5.41) is 5.77. The minimum absolute atomic E-state index is 0.110. The van der Waals surface area contributed by atoms with E-state index in [-0.39, 0.29) is 18.4 Å². The third-order valence-electron chi connectivity index (χ3n) is 1.99. The standard InChI is InChI=1S/C9H10N2O3S/c1-6(12)11-9(7-3-2-4-15-7)10-8(13)5-14-11/h2-4,9H,5H2,1H3,(H,10,13). The summed E-state index contributed by atoms with van der Waals surface area (Å²) in [7, 11) is 0. The average molecular weight is 226 g/mol. The Balaban J connectivity index is 2.24. The number of hydrogen-bond donors (Lipinski definition) is 1. The molecule has 2 amide bonds. The van der Waals surface area contributed by atoms with Crippen LogP contribution < -0.4 is 5.32 Å². The van der Waals surface area contributed by atoms with E-state index in [1.54, 1.807) is 0 Å². The molecule has 1 aromatic heterocycles. The van der Waals surface area contributed by atoms with Crippen LogP contribution >= 0.6 is 11.3 Å². The molecule has 1 aromatic rings. The van der Waals surface area contributed by atoms with Gasteiger partial charge in [-0.1, -0.05) is 6.07 Å². The zero-order valence-electron chi connectivity index (χ0n) is 8.10. The molecule has 1 fully saturated rings. The highest BCUT2D eigenvalue weighted by Crippen LogP contribution is 2.25. The Kier molecular flexibility index (Phi) is 2.70. The summed E-state index contributed by atoms with van der Waals surface area (Å²) in [6, 6.07) is 3.71. The third-order valence-corrected chi connectivity index (χ3v) is 2.91. The topological polar surface area (TPSA) is 58.6 Å². The summed E-state index contributed by atoms with van der Waals surface area (Å²) >= 11 is 1.46. The molecular weight excluding hydrogens is 216 g/mol. The largest absolute Gasteiger partial charge is 0.327 e. The highest BCUT2D eigenvalue weighted by molar-refractivity contribution is 7.10. The Hall–Kier alpha value is -1.40. The minimum atomic E-state index is -0.497. The Bertz CT molecular complexity index is 377. The van der Waals surface area contributed by atoms with E-state index >= 15 is 0 Å². The molecule has 2 heterocycles. The number of carbonyl (C=O) groups excluding carboxylic acids is 2. The molecule has 0 aromatic carbocycles. The van der Waals surface area contributed by atoms with E-state index in [1.165, 1.54) is 23.3 Å². The smallest absolute Gasteiger partial charge is 0.250 e. The van der Waals surface area contributed by atoms with Crippen molar-refractivity contribution in [2.24, 2.45) is 0 Å². The maximum Gasteiger partial charge on any atom is 0.250 e. The molecule has 0 radical (unpaired) electrons. The summed E-state index contributed by atoms with van der Waals surface area (Å²) in [5.74, 6) is -0.445. The highest BCUT2D eigenvalue weighted by Gasteiger charge is 2.31. The van der Waals surface area contributed by atoms with Gasteiger partial charge < -0.3 is 5.32 Å². The molecule has 0 bridgehead atoms. The van der Waals surface area contributed by atoms with Crippen LogP contribution in [-0.2, 0) is 14.4 Å². The van der Waals surface area contributed by atoms with Crippen molar-refractivity contribution in [2.75, 3.05) is 6.61 Å². The van der Waals surface area contributed by atoms with Gasteiger partial charge in [0.25, 0.3) is 5.91 Å². The van der Waals surface area contributed by atoms with Crippen molar-refractivity contribution in [3.63, 3.8) is 0 Å². The summed E-state index contributed by atoms with van der Waals surface area (Å²) in [5.41, 5.74) is 0. The highest BCUT2D eigenvalue weighted by atomic mass is 32.1. The van der Waals surface area contributed by atoms with Crippen LogP contribution in [0.2, 0.25) is 0 Å². The molecule has 1 N–H and O–H groups in total. The van der Waals surface area contributed by atoms with Crippen molar-refractivity contribution in [1.82, 2.24) is 10.4 Å². The van der Waals surface area contributed by atoms with Gasteiger partial charge in [-0.25, -0.2) is 0 Å². The fraction of sp³-hybridized carbons (Fsp3) is 0.333. The van der Waals surface area contributed by atoms with Crippen molar-refractivity contribution < 1.29 is 14.4 Å². The quantitative estimate of drug-likeness (QED) is 0.765. The van der Waals surface area contributed by atoms with Gasteiger partial charge in [0, 0.05) is 11.8 Å². The normalized spacial score (nSPS) is 21.3. The van der Waals surface area contributed by atoms with Crippen molar-refractivity contribution in [1.29, 1.82) is 0 Å². The Labute approximate surface area is 90.6 Å². The van der Waals surface area contributed by atoms with Gasteiger partial charge in [-0.3, -0.25) is 14.4 Å². The van der Waals surface area contributed by atoms with Gasteiger partial charge in [0.05, 0.1) is 0 Å². The third kappa shape index (κ3) is 2.00. The number of amides is 2. The predicted octanol–water partition coefficient (Wildman–Crippen LogP) is 0.657. The van der Waals surface area contributed by atoms with Crippen LogP contribution in [0.1, 0.15) is 18.0 Å². The number of rotatable bonds is 1. The van der Waals surface area contributed by atoms with E-state index in [2.05, 4.69) is 5.32 Å². The monoisotopic (exact) mass is 226 g/mol. The zero-order valence-corrected chi connectivity index (χ0v) is 8.91. The van der Waals surface area contributed by atoms with Crippen LogP contribution in [0.15, 0.2) is 17.5 Å². The maximum atomic E-state index is 11.3. The van der Waals surface area contributed by atoms with Crippen LogP contribution in [0.4, 0.5) is 0 Å². The minimum Gasteiger partial charge on any atom is -0.327 e. The molecule has 0 aliphatic carbocycles. The molecule has 1 saturated heterocycles. The molecule has 0 saturated carbocycles. The van der Waals surface area contributed by atoms with Gasteiger partial charge >= 0.3 is 0 Å². The number of nitrogens with one attached hydrogen (secondary N) is 1. The van der Waals surface area contributed by atoms with Gasteiger partial charge in [-0.2, -0.15) is 5.06 Å². The van der Waals surface area contributed by atoms with Gasteiger partial charge in [-0.15, -0.1) is 11.3 Å². The van der Waals surface area contributed by atoms with Crippen LogP contribution in [0, 0.1) is 0 Å². The maximum absolute atomic E-state index is 11.3. The van der Waals surface area contributed by atoms with Crippen molar-refractivity contribution in [3.05, 3.63) is 22.4 Å². The van der Waals surface area contributed by atoms with Gasteiger partial charge in [0.2, 0.25) is 5.91 Å². The van der Waals surface area contributed by atoms with Crippen molar-refractivity contribution in [3.8, 4) is 0 Å². The molecule has 1 atom stereocenters.